The van der Waals surface area contributed by atoms with Gasteiger partial charge < -0.3 is 0 Å². The highest BCUT2D eigenvalue weighted by atomic mass is 16.1. The van der Waals surface area contributed by atoms with Gasteiger partial charge in [0.1, 0.15) is 11.6 Å². The Morgan fingerprint density at radius 2 is 0.486 bits per heavy atom. The molecule has 0 radical (unpaired) electrons. The maximum atomic E-state index is 12.1. The average molecular weight is 521 g/mol. The summed E-state index contributed by atoms with van der Waals surface area (Å²) < 4.78 is 0. The van der Waals surface area contributed by atoms with Crippen molar-refractivity contribution in [3.8, 4) is 0 Å². The molecular weight excluding hydrogens is 452 g/mol. The number of carbonyl (C=O) groups excluding carboxylic acids is 2. The fraction of sp³-hybridized carbons (Fsp3) is 0.943. The van der Waals surface area contributed by atoms with Crippen LogP contribution in [0.1, 0.15) is 213 Å². The quantitative estimate of drug-likeness (QED) is 0.0652. The van der Waals surface area contributed by atoms with Crippen LogP contribution in [0.4, 0.5) is 0 Å². The zero-order valence-corrected chi connectivity index (χ0v) is 25.7. The van der Waals surface area contributed by atoms with Gasteiger partial charge in [0.05, 0.1) is 6.42 Å². The molecule has 0 bridgehead atoms. The first-order chi connectivity index (χ1) is 18.2. The molecule has 0 saturated carbocycles. The number of hydrogen-bond donors (Lipinski definition) is 0. The third-order valence-corrected chi connectivity index (χ3v) is 8.01. The summed E-state index contributed by atoms with van der Waals surface area (Å²) in [5, 5.41) is 0. The van der Waals surface area contributed by atoms with Crippen molar-refractivity contribution >= 4 is 11.6 Å². The number of carbonyl (C=O) groups is 2. The molecule has 0 rings (SSSR count). The summed E-state index contributed by atoms with van der Waals surface area (Å²) in [6, 6.07) is 0. The molecule has 0 aliphatic carbocycles. The standard InChI is InChI=1S/C35H68O2/c1-3-5-7-9-11-13-15-17-19-21-23-25-27-29-31-34(36)33-35(37)32-30-28-26-24-22-20-18-16-14-12-10-8-6-4-2/h3-33H2,1-2H3. The highest BCUT2D eigenvalue weighted by Crippen LogP contribution is 2.15. The summed E-state index contributed by atoms with van der Waals surface area (Å²) in [4.78, 5) is 24.2. The van der Waals surface area contributed by atoms with E-state index in [9.17, 15) is 9.59 Å². The molecule has 0 fully saturated rings. The average Bonchev–Trinajstić information content (AvgIpc) is 2.89. The molecule has 37 heavy (non-hydrogen) atoms. The van der Waals surface area contributed by atoms with Crippen LogP contribution in [0.25, 0.3) is 0 Å². The van der Waals surface area contributed by atoms with E-state index in [-0.39, 0.29) is 18.0 Å². The largest absolute Gasteiger partial charge is 0.299 e. The van der Waals surface area contributed by atoms with Gasteiger partial charge in [-0.1, -0.05) is 181 Å². The Bertz CT molecular complexity index is 428. The van der Waals surface area contributed by atoms with Gasteiger partial charge in [-0.15, -0.1) is 0 Å². The van der Waals surface area contributed by atoms with E-state index >= 15 is 0 Å². The van der Waals surface area contributed by atoms with Gasteiger partial charge in [0.15, 0.2) is 0 Å². The first-order valence-corrected chi connectivity index (χ1v) is 17.2. The second-order valence-electron chi connectivity index (χ2n) is 11.9. The Morgan fingerprint density at radius 1 is 0.297 bits per heavy atom. The Balaban J connectivity index is 3.28. The van der Waals surface area contributed by atoms with Crippen molar-refractivity contribution in [1.29, 1.82) is 0 Å². The maximum Gasteiger partial charge on any atom is 0.140 e. The van der Waals surface area contributed by atoms with Crippen molar-refractivity contribution < 1.29 is 9.59 Å². The van der Waals surface area contributed by atoms with Crippen molar-refractivity contribution in [2.24, 2.45) is 0 Å². The molecule has 0 atom stereocenters. The van der Waals surface area contributed by atoms with E-state index < -0.39 is 0 Å². The van der Waals surface area contributed by atoms with Crippen LogP contribution in [-0.4, -0.2) is 11.6 Å². The van der Waals surface area contributed by atoms with Crippen LogP contribution in [0, 0.1) is 0 Å². The smallest absolute Gasteiger partial charge is 0.140 e. The molecule has 0 aromatic heterocycles. The third kappa shape index (κ3) is 31.5. The van der Waals surface area contributed by atoms with Gasteiger partial charge in [-0.2, -0.15) is 0 Å². The second kappa shape index (κ2) is 31.6. The number of ketones is 2. The lowest BCUT2D eigenvalue weighted by atomic mass is 10.0. The molecule has 0 saturated heterocycles. The predicted molar refractivity (Wildman–Crippen MR) is 164 cm³/mol. The first kappa shape index (κ1) is 36.3. The SMILES string of the molecule is CCCCCCCCCCCCCCCCC(=O)CC(=O)CCCCCCCCCCCCCCCC. The van der Waals surface area contributed by atoms with Gasteiger partial charge in [-0.25, -0.2) is 0 Å². The van der Waals surface area contributed by atoms with E-state index in [1.807, 2.05) is 0 Å². The lowest BCUT2D eigenvalue weighted by Crippen LogP contribution is -2.07. The van der Waals surface area contributed by atoms with Crippen LogP contribution >= 0.6 is 0 Å². The fourth-order valence-electron chi connectivity index (χ4n) is 5.43. The summed E-state index contributed by atoms with van der Waals surface area (Å²) in [6.07, 6.45) is 38.7. The monoisotopic (exact) mass is 521 g/mol. The molecule has 2 nitrogen and oxygen atoms in total. The van der Waals surface area contributed by atoms with Gasteiger partial charge in [-0.05, 0) is 12.8 Å². The zero-order valence-electron chi connectivity index (χ0n) is 25.7. The van der Waals surface area contributed by atoms with E-state index in [1.54, 1.807) is 0 Å². The van der Waals surface area contributed by atoms with Gasteiger partial charge in [-0.3, -0.25) is 9.59 Å². The van der Waals surface area contributed by atoms with Crippen LogP contribution < -0.4 is 0 Å². The molecule has 0 aromatic rings. The topological polar surface area (TPSA) is 34.1 Å². The van der Waals surface area contributed by atoms with Gasteiger partial charge >= 0.3 is 0 Å². The Kier molecular flexibility index (Phi) is 31.0. The normalized spacial score (nSPS) is 11.3. The lowest BCUT2D eigenvalue weighted by Gasteiger charge is -2.04. The summed E-state index contributed by atoms with van der Waals surface area (Å²) >= 11 is 0. The van der Waals surface area contributed by atoms with Crippen LogP contribution in [0.2, 0.25) is 0 Å². The number of rotatable bonds is 32. The van der Waals surface area contributed by atoms with Crippen LogP contribution in [0.3, 0.4) is 0 Å². The zero-order chi connectivity index (χ0) is 27.1. The van der Waals surface area contributed by atoms with Crippen molar-refractivity contribution in [2.45, 2.75) is 213 Å². The van der Waals surface area contributed by atoms with E-state index in [0.29, 0.717) is 12.8 Å². The molecule has 0 aliphatic heterocycles. The second-order valence-corrected chi connectivity index (χ2v) is 11.9. The number of Topliss-reactive ketones (excluding diaryl/α,β-unsaturated/α-hetero) is 2. The minimum Gasteiger partial charge on any atom is -0.299 e. The van der Waals surface area contributed by atoms with Crippen molar-refractivity contribution in [3.63, 3.8) is 0 Å². The maximum absolute atomic E-state index is 12.1. The van der Waals surface area contributed by atoms with Crippen molar-refractivity contribution in [2.75, 3.05) is 0 Å². The summed E-state index contributed by atoms with van der Waals surface area (Å²) in [6.45, 7) is 4.56. The van der Waals surface area contributed by atoms with Crippen LogP contribution in [0.15, 0.2) is 0 Å². The van der Waals surface area contributed by atoms with E-state index in [0.717, 1.165) is 25.7 Å². The molecule has 2 heteroatoms. The molecule has 0 unspecified atom stereocenters. The minimum absolute atomic E-state index is 0.175. The lowest BCUT2D eigenvalue weighted by molar-refractivity contribution is -0.127. The van der Waals surface area contributed by atoms with Gasteiger partial charge in [0, 0.05) is 12.8 Å². The predicted octanol–water partition coefficient (Wildman–Crippen LogP) is 12.3. The van der Waals surface area contributed by atoms with Gasteiger partial charge in [0.2, 0.25) is 0 Å². The molecule has 0 aliphatic rings. The minimum atomic E-state index is 0.175. The number of hydrogen-bond acceptors (Lipinski definition) is 2. The van der Waals surface area contributed by atoms with E-state index in [2.05, 4.69) is 13.8 Å². The fourth-order valence-corrected chi connectivity index (χ4v) is 5.43. The Morgan fingerprint density at radius 3 is 0.703 bits per heavy atom. The molecule has 0 amide bonds. The van der Waals surface area contributed by atoms with Crippen LogP contribution in [0.5, 0.6) is 0 Å². The molecular formula is C35H68O2. The van der Waals surface area contributed by atoms with Gasteiger partial charge in [0.25, 0.3) is 0 Å². The molecule has 220 valence electrons. The van der Waals surface area contributed by atoms with Crippen LogP contribution in [-0.2, 0) is 9.59 Å². The molecule has 0 heterocycles. The third-order valence-electron chi connectivity index (χ3n) is 8.01. The summed E-state index contributed by atoms with van der Waals surface area (Å²) in [5.41, 5.74) is 0. The summed E-state index contributed by atoms with van der Waals surface area (Å²) in [5.74, 6) is 0.351. The highest BCUT2D eigenvalue weighted by Gasteiger charge is 2.09. The first-order valence-electron chi connectivity index (χ1n) is 17.2. The van der Waals surface area contributed by atoms with E-state index in [4.69, 9.17) is 0 Å². The number of unbranched alkanes of at least 4 members (excludes halogenated alkanes) is 26. The van der Waals surface area contributed by atoms with Crippen molar-refractivity contribution in [1.82, 2.24) is 0 Å². The molecule has 0 N–H and O–H groups in total. The molecule has 0 spiro atoms. The van der Waals surface area contributed by atoms with E-state index in [1.165, 1.54) is 154 Å². The Labute approximate surface area is 233 Å². The highest BCUT2D eigenvalue weighted by molar-refractivity contribution is 5.98. The summed E-state index contributed by atoms with van der Waals surface area (Å²) in [7, 11) is 0. The molecule has 0 aromatic carbocycles. The Hall–Kier alpha value is -0.660. The van der Waals surface area contributed by atoms with Crippen molar-refractivity contribution in [3.05, 3.63) is 0 Å².